The van der Waals surface area contributed by atoms with Crippen molar-refractivity contribution in [1.82, 2.24) is 0 Å². The zero-order valence-electron chi connectivity index (χ0n) is 20.2. The van der Waals surface area contributed by atoms with Gasteiger partial charge in [0.2, 0.25) is 0 Å². The van der Waals surface area contributed by atoms with E-state index in [-0.39, 0.29) is 45.1 Å². The summed E-state index contributed by atoms with van der Waals surface area (Å²) in [6, 6.07) is 18.3. The van der Waals surface area contributed by atoms with E-state index in [0.29, 0.717) is 10.8 Å². The number of aromatic carboxylic acids is 1. The van der Waals surface area contributed by atoms with Crippen LogP contribution in [0.2, 0.25) is 0 Å². The molecule has 0 saturated heterocycles. The van der Waals surface area contributed by atoms with E-state index in [1.54, 1.807) is 24.3 Å². The van der Waals surface area contributed by atoms with Gasteiger partial charge in [0.05, 0.1) is 30.9 Å². The van der Waals surface area contributed by atoms with Crippen LogP contribution in [0.1, 0.15) is 49.1 Å². The van der Waals surface area contributed by atoms with Gasteiger partial charge in [0.25, 0.3) is 0 Å². The number of benzene rings is 4. The normalized spacial score (nSPS) is 10.6. The molecular weight excluding hydrogens is 476 g/mol. The molecule has 186 valence electrons. The lowest BCUT2D eigenvalue weighted by molar-refractivity contribution is -0.131. The highest BCUT2D eigenvalue weighted by Gasteiger charge is 2.26. The number of methoxy groups -OCH3 is 2. The highest BCUT2D eigenvalue weighted by atomic mass is 16.5. The van der Waals surface area contributed by atoms with Crippen LogP contribution < -0.4 is 14.2 Å². The average molecular weight is 498 g/mol. The summed E-state index contributed by atoms with van der Waals surface area (Å²) < 4.78 is 16.1. The van der Waals surface area contributed by atoms with Crippen molar-refractivity contribution in [1.29, 1.82) is 0 Å². The number of hydrogen-bond donors (Lipinski definition) is 1. The molecule has 0 fully saturated rings. The van der Waals surface area contributed by atoms with Gasteiger partial charge in [-0.05, 0) is 53.9 Å². The Hall–Kier alpha value is -4.98. The van der Waals surface area contributed by atoms with Crippen LogP contribution in [0.3, 0.4) is 0 Å². The summed E-state index contributed by atoms with van der Waals surface area (Å²) in [5.41, 5.74) is 0.846. The molecule has 0 unspecified atom stereocenters. The summed E-state index contributed by atoms with van der Waals surface area (Å²) in [7, 11) is 2.84. The van der Waals surface area contributed by atoms with Gasteiger partial charge in [0, 0.05) is 23.4 Å². The van der Waals surface area contributed by atoms with Crippen molar-refractivity contribution in [3.63, 3.8) is 0 Å². The molecule has 0 aliphatic rings. The predicted octanol–water partition coefficient (Wildman–Crippen LogP) is 4.94. The minimum absolute atomic E-state index is 0.0381. The number of carbonyl (C=O) groups excluding carboxylic acids is 3. The van der Waals surface area contributed by atoms with E-state index in [4.69, 9.17) is 14.2 Å². The van der Waals surface area contributed by atoms with Crippen LogP contribution in [0.25, 0.3) is 10.8 Å². The lowest BCUT2D eigenvalue weighted by Crippen LogP contribution is -2.11. The van der Waals surface area contributed by atoms with Crippen molar-refractivity contribution in [2.24, 2.45) is 0 Å². The minimum atomic E-state index is -1.11. The number of esters is 1. The number of hydrogen-bond acceptors (Lipinski definition) is 7. The zero-order valence-corrected chi connectivity index (χ0v) is 20.2. The van der Waals surface area contributed by atoms with Gasteiger partial charge < -0.3 is 19.3 Å². The number of ketones is 2. The lowest BCUT2D eigenvalue weighted by Gasteiger charge is -2.17. The highest BCUT2D eigenvalue weighted by Crippen LogP contribution is 2.38. The summed E-state index contributed by atoms with van der Waals surface area (Å²) in [5.74, 6) is -1.68. The minimum Gasteiger partial charge on any atom is -0.496 e. The fourth-order valence-electron chi connectivity index (χ4n) is 4.06. The largest absolute Gasteiger partial charge is 0.496 e. The second kappa shape index (κ2) is 10.3. The Morgan fingerprint density at radius 1 is 0.622 bits per heavy atom. The average Bonchev–Trinajstić information content (AvgIpc) is 2.91. The Bertz CT molecular complexity index is 1530. The van der Waals surface area contributed by atoms with E-state index in [1.165, 1.54) is 69.7 Å². The molecule has 37 heavy (non-hydrogen) atoms. The van der Waals surface area contributed by atoms with Crippen LogP contribution in [-0.2, 0) is 4.79 Å². The number of carbonyl (C=O) groups is 4. The molecule has 0 spiro atoms. The maximum absolute atomic E-state index is 13.8. The van der Waals surface area contributed by atoms with Gasteiger partial charge in [0.15, 0.2) is 11.6 Å². The lowest BCUT2D eigenvalue weighted by atomic mass is 9.89. The first-order chi connectivity index (χ1) is 17.7. The summed E-state index contributed by atoms with van der Waals surface area (Å²) in [6.45, 7) is 1.28. The van der Waals surface area contributed by atoms with Crippen molar-refractivity contribution >= 4 is 34.3 Å². The molecule has 0 atom stereocenters. The van der Waals surface area contributed by atoms with E-state index in [2.05, 4.69) is 0 Å². The van der Waals surface area contributed by atoms with E-state index in [1.807, 2.05) is 0 Å². The summed E-state index contributed by atoms with van der Waals surface area (Å²) in [5, 5.41) is 10.1. The second-order valence-corrected chi connectivity index (χ2v) is 8.04. The van der Waals surface area contributed by atoms with Gasteiger partial charge >= 0.3 is 11.9 Å². The van der Waals surface area contributed by atoms with Gasteiger partial charge in [-0.1, -0.05) is 24.3 Å². The molecule has 0 aliphatic carbocycles. The fourth-order valence-corrected chi connectivity index (χ4v) is 4.06. The molecule has 0 bridgehead atoms. The molecule has 4 aromatic rings. The van der Waals surface area contributed by atoms with Gasteiger partial charge in [-0.3, -0.25) is 14.4 Å². The van der Waals surface area contributed by atoms with Gasteiger partial charge in [-0.15, -0.1) is 0 Å². The fraction of sp³-hybridized carbons (Fsp3) is 0.103. The molecule has 0 aromatic heterocycles. The van der Waals surface area contributed by atoms with Crippen molar-refractivity contribution < 1.29 is 38.5 Å². The van der Waals surface area contributed by atoms with E-state index >= 15 is 0 Å². The number of carboxylic acid groups (broad SMARTS) is 1. The molecule has 4 aromatic carbocycles. The van der Waals surface area contributed by atoms with Gasteiger partial charge in [-0.2, -0.15) is 0 Å². The summed E-state index contributed by atoms with van der Waals surface area (Å²) >= 11 is 0. The van der Waals surface area contributed by atoms with Crippen molar-refractivity contribution in [2.45, 2.75) is 6.92 Å². The smallest absolute Gasteiger partial charge is 0.335 e. The predicted molar refractivity (Wildman–Crippen MR) is 135 cm³/mol. The molecule has 0 amide bonds. The Morgan fingerprint density at radius 3 is 1.46 bits per heavy atom. The van der Waals surface area contributed by atoms with Crippen LogP contribution in [-0.4, -0.2) is 42.8 Å². The second-order valence-electron chi connectivity index (χ2n) is 8.04. The third kappa shape index (κ3) is 4.90. The van der Waals surface area contributed by atoms with Crippen LogP contribution in [0, 0.1) is 0 Å². The van der Waals surface area contributed by atoms with Crippen LogP contribution in [0.5, 0.6) is 17.2 Å². The monoisotopic (exact) mass is 498 g/mol. The number of carboxylic acids is 1. The molecule has 0 radical (unpaired) electrons. The van der Waals surface area contributed by atoms with E-state index in [0.717, 1.165) is 0 Å². The Kier molecular flexibility index (Phi) is 7.01. The molecule has 4 rings (SSSR count). The summed E-state index contributed by atoms with van der Waals surface area (Å²) in [4.78, 5) is 50.0. The van der Waals surface area contributed by atoms with E-state index in [9.17, 15) is 24.3 Å². The molecule has 0 saturated carbocycles. The number of ether oxygens (including phenoxy) is 3. The van der Waals surface area contributed by atoms with Gasteiger partial charge in [0.1, 0.15) is 17.2 Å². The third-order valence-electron chi connectivity index (χ3n) is 5.78. The number of rotatable bonds is 8. The molecule has 0 aliphatic heterocycles. The molecular formula is C29H22O8. The maximum atomic E-state index is 13.8. The Balaban J connectivity index is 1.93. The first-order valence-corrected chi connectivity index (χ1v) is 11.1. The molecule has 1 N–H and O–H groups in total. The first kappa shape index (κ1) is 25.1. The first-order valence-electron chi connectivity index (χ1n) is 11.1. The zero-order chi connectivity index (χ0) is 26.7. The van der Waals surface area contributed by atoms with Gasteiger partial charge in [-0.25, -0.2) is 4.79 Å². The van der Waals surface area contributed by atoms with Crippen molar-refractivity contribution in [3.05, 3.63) is 101 Å². The topological polar surface area (TPSA) is 116 Å². The van der Waals surface area contributed by atoms with Crippen LogP contribution in [0.4, 0.5) is 0 Å². The molecule has 8 heteroatoms. The van der Waals surface area contributed by atoms with E-state index < -0.39 is 23.5 Å². The SMILES string of the molecule is COc1ccc2ccc(OC)c(C(=O)c3ccc(C(=O)O)cc3)c2c1C(=O)c1ccc(OC(C)=O)cc1. The summed E-state index contributed by atoms with van der Waals surface area (Å²) in [6.07, 6.45) is 0. The number of fused-ring (bicyclic) bond motifs is 1. The molecule has 0 heterocycles. The Labute approximate surface area is 212 Å². The standard InChI is InChI=1S/C29H22O8/c1-16(30)37-21-12-8-19(9-13-21)28(32)26-23(36-3)15-11-17-10-14-22(35-2)25(24(17)26)27(31)18-4-6-20(7-5-18)29(33)34/h4-15H,1-3H3,(H,33,34). The van der Waals surface area contributed by atoms with Crippen LogP contribution in [0.15, 0.2) is 72.8 Å². The van der Waals surface area contributed by atoms with Crippen LogP contribution >= 0.6 is 0 Å². The quantitative estimate of drug-likeness (QED) is 0.206. The molecule has 8 nitrogen and oxygen atoms in total. The van der Waals surface area contributed by atoms with Crippen molar-refractivity contribution in [3.8, 4) is 17.2 Å². The van der Waals surface area contributed by atoms with Crippen molar-refractivity contribution in [2.75, 3.05) is 14.2 Å². The Morgan fingerprint density at radius 2 is 1.05 bits per heavy atom. The third-order valence-corrected chi connectivity index (χ3v) is 5.78. The highest BCUT2D eigenvalue weighted by molar-refractivity contribution is 6.26. The maximum Gasteiger partial charge on any atom is 0.335 e.